The van der Waals surface area contributed by atoms with Crippen LogP contribution in [-0.2, 0) is 6.18 Å². The van der Waals surface area contributed by atoms with Gasteiger partial charge in [0.25, 0.3) is 10.9 Å². The van der Waals surface area contributed by atoms with Gasteiger partial charge in [-0.2, -0.15) is 26.3 Å². The molecule has 2 aliphatic heterocycles. The van der Waals surface area contributed by atoms with E-state index in [-0.39, 0.29) is 35.2 Å². The van der Waals surface area contributed by atoms with Gasteiger partial charge in [-0.15, -0.1) is 0 Å². The third-order valence-electron chi connectivity index (χ3n) is 10.8. The van der Waals surface area contributed by atoms with Crippen LogP contribution in [0.5, 0.6) is 0 Å². The molecule has 52 heavy (non-hydrogen) atoms. The van der Waals surface area contributed by atoms with Gasteiger partial charge in [-0.05, 0) is 83.7 Å². The molecule has 2 N–H and O–H groups in total. The van der Waals surface area contributed by atoms with Crippen molar-refractivity contribution in [2.75, 3.05) is 48.3 Å². The Labute approximate surface area is 302 Å². The highest BCUT2D eigenvalue weighted by Crippen LogP contribution is 2.36. The van der Waals surface area contributed by atoms with Crippen molar-refractivity contribution in [2.24, 2.45) is 5.92 Å². The van der Waals surface area contributed by atoms with Gasteiger partial charge in [-0.1, -0.05) is 23.7 Å². The number of hydrogen-bond donors (Lipinski definition) is 2. The van der Waals surface area contributed by atoms with Crippen LogP contribution < -0.4 is 26.4 Å². The van der Waals surface area contributed by atoms with Gasteiger partial charge < -0.3 is 20.4 Å². The number of pyridine rings is 1. The van der Waals surface area contributed by atoms with Crippen molar-refractivity contribution in [3.8, 4) is 0 Å². The van der Waals surface area contributed by atoms with E-state index in [9.17, 15) is 40.7 Å². The maximum Gasteiger partial charge on any atom is 0.416 e. The van der Waals surface area contributed by atoms with Crippen molar-refractivity contribution in [3.05, 3.63) is 73.1 Å². The molecule has 282 valence electrons. The molecule has 3 aliphatic rings. The lowest BCUT2D eigenvalue weighted by atomic mass is 9.80. The second-order valence-electron chi connectivity index (χ2n) is 14.3. The van der Waals surface area contributed by atoms with E-state index in [2.05, 4.69) is 38.8 Å². The van der Waals surface area contributed by atoms with Gasteiger partial charge in [0.15, 0.2) is 5.78 Å². The number of alkyl halides is 6. The number of ketones is 1. The number of carbonyl (C=O) groups is 1. The number of benzene rings is 1. The molecule has 16 heteroatoms. The number of nitrogens with zero attached hydrogens (tertiary/aromatic N) is 4. The third-order valence-corrected chi connectivity index (χ3v) is 11.1. The van der Waals surface area contributed by atoms with Crippen molar-refractivity contribution in [3.63, 3.8) is 0 Å². The van der Waals surface area contributed by atoms with Gasteiger partial charge in [-0.25, -0.2) is 4.98 Å². The van der Waals surface area contributed by atoms with Crippen LogP contribution in [0.3, 0.4) is 0 Å². The molecule has 1 aliphatic carbocycles. The maximum atomic E-state index is 13.0. The molecular formula is C36H41ClF6N6O3. The van der Waals surface area contributed by atoms with Crippen molar-refractivity contribution < 1.29 is 31.1 Å². The Morgan fingerprint density at radius 1 is 0.865 bits per heavy atom. The molecule has 3 aromatic rings. The lowest BCUT2D eigenvalue weighted by molar-refractivity contribution is -0.137. The first-order valence-corrected chi connectivity index (χ1v) is 17.9. The first kappa shape index (κ1) is 38.0. The van der Waals surface area contributed by atoms with Gasteiger partial charge in [0.05, 0.1) is 22.5 Å². The summed E-state index contributed by atoms with van der Waals surface area (Å²) in [6.45, 7) is 6.19. The van der Waals surface area contributed by atoms with Crippen molar-refractivity contribution >= 4 is 40.3 Å². The molecule has 1 aromatic heterocycles. The molecule has 0 unspecified atom stereocenters. The molecular weight excluding hydrogens is 714 g/mol. The fraction of sp³-hybridized carbons (Fsp3) is 0.556. The minimum absolute atomic E-state index is 0.0715. The Hall–Kier alpha value is -3.69. The Morgan fingerprint density at radius 3 is 2.10 bits per heavy atom. The summed E-state index contributed by atoms with van der Waals surface area (Å²) in [5, 5.41) is 4.96. The summed E-state index contributed by atoms with van der Waals surface area (Å²) in [5.41, 5.74) is -2.79. The first-order valence-electron chi connectivity index (χ1n) is 17.5. The summed E-state index contributed by atoms with van der Waals surface area (Å²) in [4.78, 5) is 48.6. The highest BCUT2D eigenvalue weighted by atomic mass is 35.5. The number of piperazine rings is 1. The minimum atomic E-state index is -4.56. The van der Waals surface area contributed by atoms with E-state index in [1.54, 1.807) is 0 Å². The summed E-state index contributed by atoms with van der Waals surface area (Å²) in [7, 11) is 0. The SMILES string of the molecule is C[C@@H]1CN(c2ncc(Nc3c(NCC(F)(F)F)c(=O)c3=O)cc2Cl)[C@@H](C)CN1C1CCN(C2CCC(C(=O)c3ccc(C(F)(F)F)cc3)CC2)CC1. The largest absolute Gasteiger partial charge is 0.416 e. The van der Waals surface area contributed by atoms with Crippen LogP contribution in [0.2, 0.25) is 5.02 Å². The van der Waals surface area contributed by atoms with Crippen LogP contribution in [-0.4, -0.2) is 83.6 Å². The number of carbonyl (C=O) groups excluding carboxylic acids is 1. The quantitative estimate of drug-likeness (QED) is 0.138. The van der Waals surface area contributed by atoms with Crippen LogP contribution in [0, 0.1) is 5.92 Å². The van der Waals surface area contributed by atoms with E-state index >= 15 is 0 Å². The normalized spacial score (nSPS) is 24.3. The molecule has 0 bridgehead atoms. The van der Waals surface area contributed by atoms with E-state index in [0.717, 1.165) is 70.3 Å². The second-order valence-corrected chi connectivity index (χ2v) is 14.7. The molecule has 0 spiro atoms. The molecule has 0 amide bonds. The number of likely N-dealkylation sites (tertiary alicyclic amines) is 1. The first-order chi connectivity index (χ1) is 24.5. The molecule has 6 rings (SSSR count). The number of halogens is 7. The number of aromatic nitrogens is 1. The topological polar surface area (TPSA) is 97.9 Å². The zero-order valence-electron chi connectivity index (χ0n) is 28.8. The third kappa shape index (κ3) is 8.26. The molecule has 1 saturated carbocycles. The Kier molecular flexibility index (Phi) is 11.0. The Morgan fingerprint density at radius 2 is 1.50 bits per heavy atom. The molecule has 3 heterocycles. The van der Waals surface area contributed by atoms with Crippen molar-refractivity contribution in [1.82, 2.24) is 14.8 Å². The van der Waals surface area contributed by atoms with E-state index in [1.165, 1.54) is 24.4 Å². The Balaban J connectivity index is 0.984. The molecule has 2 atom stereocenters. The van der Waals surface area contributed by atoms with Gasteiger partial charge in [0.2, 0.25) is 0 Å². The predicted molar refractivity (Wildman–Crippen MR) is 188 cm³/mol. The van der Waals surface area contributed by atoms with E-state index in [0.29, 0.717) is 35.0 Å². The van der Waals surface area contributed by atoms with E-state index in [1.807, 2.05) is 5.32 Å². The molecule has 9 nitrogen and oxygen atoms in total. The summed E-state index contributed by atoms with van der Waals surface area (Å²) in [6, 6.07) is 7.11. The lowest BCUT2D eigenvalue weighted by Crippen LogP contribution is -2.61. The van der Waals surface area contributed by atoms with Crippen LogP contribution in [0.25, 0.3) is 0 Å². The standard InChI is InChI=1S/C36H41ClF6N6O3/c1-20-18-49(34-28(37)15-25(16-44-34)46-30-29(32(51)33(30)52)45-19-35(38,39)40)21(2)17-48(20)27-11-13-47(14-12-27)26-9-5-23(6-10-26)31(50)22-3-7-24(8-4-22)36(41,42)43/h3-4,7-8,15-16,20-21,23,26-27,45-46H,5-6,9-14,17-19H2,1-2H3/t20-,21+,23?,26?/m1/s1. The minimum Gasteiger partial charge on any atom is -0.371 e. The molecule has 2 saturated heterocycles. The zero-order valence-corrected chi connectivity index (χ0v) is 29.5. The Bertz CT molecular complexity index is 1810. The van der Waals surface area contributed by atoms with Crippen molar-refractivity contribution in [2.45, 2.75) is 88.9 Å². The zero-order chi connectivity index (χ0) is 37.5. The van der Waals surface area contributed by atoms with E-state index < -0.39 is 41.0 Å². The summed E-state index contributed by atoms with van der Waals surface area (Å²) < 4.78 is 76.7. The van der Waals surface area contributed by atoms with Gasteiger partial charge >= 0.3 is 12.4 Å². The van der Waals surface area contributed by atoms with Crippen LogP contribution in [0.4, 0.5) is 49.2 Å². The van der Waals surface area contributed by atoms with Crippen LogP contribution >= 0.6 is 11.6 Å². The highest BCUT2D eigenvalue weighted by Gasteiger charge is 2.38. The number of nitrogens with one attached hydrogen (secondary N) is 2. The summed E-state index contributed by atoms with van der Waals surface area (Å²) >= 11 is 6.64. The smallest absolute Gasteiger partial charge is 0.371 e. The van der Waals surface area contributed by atoms with Gasteiger partial charge in [0.1, 0.15) is 23.7 Å². The molecule has 2 aromatic carbocycles. The number of piperidine rings is 1. The van der Waals surface area contributed by atoms with E-state index in [4.69, 9.17) is 11.6 Å². The average Bonchev–Trinajstić information content (AvgIpc) is 3.11. The number of anilines is 4. The fourth-order valence-corrected chi connectivity index (χ4v) is 8.30. The second kappa shape index (κ2) is 15.0. The number of hydrogen-bond acceptors (Lipinski definition) is 9. The average molecular weight is 755 g/mol. The fourth-order valence-electron chi connectivity index (χ4n) is 8.03. The molecule has 3 fully saturated rings. The predicted octanol–water partition coefficient (Wildman–Crippen LogP) is 6.87. The van der Waals surface area contributed by atoms with Crippen molar-refractivity contribution in [1.29, 1.82) is 0 Å². The number of rotatable bonds is 9. The van der Waals surface area contributed by atoms with Gasteiger partial charge in [0, 0.05) is 48.7 Å². The van der Waals surface area contributed by atoms with Crippen LogP contribution in [0.15, 0.2) is 46.1 Å². The van der Waals surface area contributed by atoms with Gasteiger partial charge in [-0.3, -0.25) is 19.3 Å². The lowest BCUT2D eigenvalue weighted by Gasteiger charge is -2.50. The van der Waals surface area contributed by atoms with Crippen LogP contribution in [0.1, 0.15) is 68.3 Å². The number of Topliss-reactive ketones (excluding diaryl/α,β-unsaturated/α-hetero) is 1. The molecule has 0 radical (unpaired) electrons. The summed E-state index contributed by atoms with van der Waals surface area (Å²) in [5.74, 6) is 0.303. The summed E-state index contributed by atoms with van der Waals surface area (Å²) in [6.07, 6.45) is -2.31. The maximum absolute atomic E-state index is 13.0. The highest BCUT2D eigenvalue weighted by molar-refractivity contribution is 6.33. The monoisotopic (exact) mass is 754 g/mol.